The van der Waals surface area contributed by atoms with E-state index in [2.05, 4.69) is 0 Å². The number of benzene rings is 1. The quantitative estimate of drug-likeness (QED) is 0.858. The Morgan fingerprint density at radius 2 is 2.24 bits per heavy atom. The van der Waals surface area contributed by atoms with Crippen LogP contribution in [0.4, 0.5) is 0 Å². The number of hydrogen-bond donors (Lipinski definition) is 1. The van der Waals surface area contributed by atoms with Gasteiger partial charge in [0.25, 0.3) is 0 Å². The third-order valence-corrected chi connectivity index (χ3v) is 4.84. The molecule has 1 aliphatic heterocycles. The highest BCUT2D eigenvalue weighted by molar-refractivity contribution is 7.16. The molecule has 1 aliphatic rings. The van der Waals surface area contributed by atoms with Crippen molar-refractivity contribution in [1.29, 1.82) is 0 Å². The lowest BCUT2D eigenvalue weighted by Gasteiger charge is -2.34. The normalized spacial score (nSPS) is 18.8. The van der Waals surface area contributed by atoms with E-state index in [4.69, 9.17) is 11.6 Å². The maximum atomic E-state index is 12.3. The van der Waals surface area contributed by atoms with Crippen LogP contribution in [0.15, 0.2) is 16.9 Å². The zero-order valence-corrected chi connectivity index (χ0v) is 12.7. The summed E-state index contributed by atoms with van der Waals surface area (Å²) in [5, 5.41) is 12.2. The molecule has 1 aromatic carbocycles. The predicted molar refractivity (Wildman–Crippen MR) is 84.2 cm³/mol. The van der Waals surface area contributed by atoms with Gasteiger partial charge in [0.1, 0.15) is 12.2 Å². The number of hydrogen-bond acceptors (Lipinski definition) is 5. The van der Waals surface area contributed by atoms with Gasteiger partial charge in [0.2, 0.25) is 0 Å². The number of aliphatic hydroxyl groups is 1. The first-order valence-electron chi connectivity index (χ1n) is 6.63. The van der Waals surface area contributed by atoms with Gasteiger partial charge in [-0.3, -0.25) is 9.80 Å². The molecule has 0 saturated carbocycles. The van der Waals surface area contributed by atoms with Crippen molar-refractivity contribution in [3.05, 3.63) is 32.4 Å². The number of aliphatic hydroxyl groups excluding tert-OH is 1. The molecule has 2 aromatic rings. The Kier molecular flexibility index (Phi) is 3.87. The smallest absolute Gasteiger partial charge is 0.326 e. The molecule has 1 saturated heterocycles. The molecule has 0 radical (unpaired) electrons. The van der Waals surface area contributed by atoms with Gasteiger partial charge in [-0.1, -0.05) is 22.9 Å². The van der Waals surface area contributed by atoms with E-state index in [1.165, 1.54) is 10.8 Å². The van der Waals surface area contributed by atoms with Crippen molar-refractivity contribution in [2.45, 2.75) is 25.5 Å². The number of fused-ring (bicyclic) bond motifs is 1. The van der Waals surface area contributed by atoms with Crippen molar-refractivity contribution in [3.8, 4) is 0 Å². The maximum absolute atomic E-state index is 12.3. The fraction of sp³-hybridized carbons (Fsp3) is 0.357. The van der Waals surface area contributed by atoms with Gasteiger partial charge < -0.3 is 5.11 Å². The third-order valence-electron chi connectivity index (χ3n) is 3.61. The highest BCUT2D eigenvalue weighted by Crippen LogP contribution is 2.29. The van der Waals surface area contributed by atoms with Crippen LogP contribution in [0.1, 0.15) is 24.8 Å². The standard InChI is InChI=1S/C14H13ClN2O3S/c15-10-4-5-11-13(9(10)6-8-18)17(14(20)21-11)16-7-2-1-3-12(16)19/h4-6,12,19H,1-3,7H2. The second-order valence-corrected chi connectivity index (χ2v) is 6.29. The summed E-state index contributed by atoms with van der Waals surface area (Å²) >= 11 is 7.21. The molecule has 1 atom stereocenters. The molecular weight excluding hydrogens is 312 g/mol. The Morgan fingerprint density at radius 3 is 2.95 bits per heavy atom. The van der Waals surface area contributed by atoms with Gasteiger partial charge in [-0.15, -0.1) is 0 Å². The summed E-state index contributed by atoms with van der Waals surface area (Å²) in [5.74, 6) is 1.72. The van der Waals surface area contributed by atoms with E-state index in [1.54, 1.807) is 23.1 Å². The number of thiazole rings is 1. The minimum atomic E-state index is -0.707. The Labute approximate surface area is 129 Å². The summed E-state index contributed by atoms with van der Waals surface area (Å²) in [5.41, 5.74) is 1.02. The number of nitrogens with zero attached hydrogens (tertiary/aromatic N) is 2. The zero-order chi connectivity index (χ0) is 15.0. The average Bonchev–Trinajstić information content (AvgIpc) is 2.79. The molecule has 7 heteroatoms. The summed E-state index contributed by atoms with van der Waals surface area (Å²) in [4.78, 5) is 22.9. The van der Waals surface area contributed by atoms with Crippen LogP contribution in [0, 0.1) is 0 Å². The summed E-state index contributed by atoms with van der Waals surface area (Å²) < 4.78 is 2.17. The van der Waals surface area contributed by atoms with Gasteiger partial charge in [-0.05, 0) is 31.4 Å². The molecular formula is C14H13ClN2O3S. The number of aromatic nitrogens is 1. The van der Waals surface area contributed by atoms with Crippen molar-refractivity contribution >= 4 is 45.2 Å². The van der Waals surface area contributed by atoms with E-state index in [1.807, 2.05) is 0 Å². The Bertz CT molecular complexity index is 791. The predicted octanol–water partition coefficient (Wildman–Crippen LogP) is 2.00. The van der Waals surface area contributed by atoms with Crippen molar-refractivity contribution in [2.75, 3.05) is 11.6 Å². The molecule has 0 spiro atoms. The van der Waals surface area contributed by atoms with E-state index in [-0.39, 0.29) is 4.87 Å². The van der Waals surface area contributed by atoms with Crippen LogP contribution < -0.4 is 9.88 Å². The largest absolute Gasteiger partial charge is 0.372 e. The number of piperidine rings is 1. The van der Waals surface area contributed by atoms with E-state index in [0.717, 1.165) is 28.9 Å². The van der Waals surface area contributed by atoms with Gasteiger partial charge in [0.15, 0.2) is 0 Å². The minimum Gasteiger partial charge on any atom is -0.372 e. The van der Waals surface area contributed by atoms with E-state index < -0.39 is 6.23 Å². The highest BCUT2D eigenvalue weighted by Gasteiger charge is 2.25. The highest BCUT2D eigenvalue weighted by atomic mass is 35.5. The van der Waals surface area contributed by atoms with Crippen LogP contribution in [0.3, 0.4) is 0 Å². The fourth-order valence-electron chi connectivity index (χ4n) is 2.65. The zero-order valence-electron chi connectivity index (χ0n) is 11.1. The summed E-state index contributed by atoms with van der Waals surface area (Å²) in [6.07, 6.45) is 2.96. The van der Waals surface area contributed by atoms with Crippen LogP contribution in [-0.2, 0) is 4.79 Å². The number of carbonyl (C=O) groups excluding carboxylic acids is 1. The molecule has 0 amide bonds. The van der Waals surface area contributed by atoms with Gasteiger partial charge >= 0.3 is 4.87 Å². The van der Waals surface area contributed by atoms with Gasteiger partial charge in [-0.25, -0.2) is 9.47 Å². The Balaban J connectivity index is 2.31. The lowest BCUT2D eigenvalue weighted by molar-refractivity contribution is 0.113. The molecule has 1 N–H and O–H groups in total. The third kappa shape index (κ3) is 2.40. The summed E-state index contributed by atoms with van der Waals surface area (Å²) in [7, 11) is 0. The van der Waals surface area contributed by atoms with E-state index in [0.29, 0.717) is 29.1 Å². The SMILES string of the molecule is O=C=Cc1c(Cl)ccc2sc(=O)n(N3CCCCC3O)c12. The van der Waals surface area contributed by atoms with Gasteiger partial charge in [0, 0.05) is 18.2 Å². The molecule has 0 aliphatic carbocycles. The van der Waals surface area contributed by atoms with Crippen molar-refractivity contribution in [3.63, 3.8) is 0 Å². The first-order chi connectivity index (χ1) is 10.1. The molecule has 21 heavy (non-hydrogen) atoms. The van der Waals surface area contributed by atoms with Crippen LogP contribution in [0.2, 0.25) is 5.02 Å². The maximum Gasteiger partial charge on any atom is 0.326 e. The topological polar surface area (TPSA) is 62.5 Å². The van der Waals surface area contributed by atoms with Crippen molar-refractivity contribution < 1.29 is 9.90 Å². The number of halogens is 1. The van der Waals surface area contributed by atoms with Crippen LogP contribution in [-0.4, -0.2) is 28.5 Å². The van der Waals surface area contributed by atoms with Gasteiger partial charge in [0.05, 0.1) is 15.2 Å². The fourth-order valence-corrected chi connectivity index (χ4v) is 3.76. The Hall–Kier alpha value is -1.59. The molecule has 1 fully saturated rings. The molecule has 1 aromatic heterocycles. The lowest BCUT2D eigenvalue weighted by atomic mass is 10.1. The van der Waals surface area contributed by atoms with Crippen molar-refractivity contribution in [2.24, 2.45) is 0 Å². The van der Waals surface area contributed by atoms with Crippen LogP contribution in [0.25, 0.3) is 16.3 Å². The monoisotopic (exact) mass is 324 g/mol. The van der Waals surface area contributed by atoms with E-state index in [9.17, 15) is 14.7 Å². The molecule has 2 heterocycles. The first-order valence-corrected chi connectivity index (χ1v) is 7.83. The molecule has 3 rings (SSSR count). The summed E-state index contributed by atoms with van der Waals surface area (Å²) in [6.45, 7) is 0.587. The average molecular weight is 325 g/mol. The lowest BCUT2D eigenvalue weighted by Crippen LogP contribution is -2.50. The second kappa shape index (κ2) is 5.66. The molecule has 110 valence electrons. The molecule has 1 unspecified atom stereocenters. The van der Waals surface area contributed by atoms with Crippen molar-refractivity contribution in [1.82, 2.24) is 4.68 Å². The molecule has 5 nitrogen and oxygen atoms in total. The van der Waals surface area contributed by atoms with Crippen LogP contribution in [0.5, 0.6) is 0 Å². The van der Waals surface area contributed by atoms with E-state index >= 15 is 0 Å². The molecule has 0 bridgehead atoms. The minimum absolute atomic E-state index is 0.200. The summed E-state index contributed by atoms with van der Waals surface area (Å²) in [6, 6.07) is 3.40. The first kappa shape index (κ1) is 14.4. The second-order valence-electron chi connectivity index (χ2n) is 4.89. The Morgan fingerprint density at radius 1 is 1.43 bits per heavy atom. The van der Waals surface area contributed by atoms with Crippen LogP contribution >= 0.6 is 22.9 Å². The van der Waals surface area contributed by atoms with Gasteiger partial charge in [-0.2, -0.15) is 0 Å². The number of rotatable bonds is 2.